The van der Waals surface area contributed by atoms with Gasteiger partial charge in [-0.1, -0.05) is 18.2 Å². The molecule has 1 heterocycles. The first-order valence-electron chi connectivity index (χ1n) is 9.68. The number of para-hydroxylation sites is 2. The Morgan fingerprint density at radius 2 is 1.69 bits per heavy atom. The van der Waals surface area contributed by atoms with Crippen molar-refractivity contribution in [1.82, 2.24) is 5.32 Å². The monoisotopic (exact) mass is 454 g/mol. The molecule has 3 aromatic rings. The summed E-state index contributed by atoms with van der Waals surface area (Å²) in [5, 5.41) is 5.40. The van der Waals surface area contributed by atoms with Gasteiger partial charge in [-0.3, -0.25) is 14.4 Å². The van der Waals surface area contributed by atoms with Crippen molar-refractivity contribution in [2.24, 2.45) is 0 Å². The highest BCUT2D eigenvalue weighted by atomic mass is 32.2. The molecule has 0 aliphatic carbocycles. The zero-order valence-electron chi connectivity index (χ0n) is 16.7. The quantitative estimate of drug-likeness (QED) is 0.531. The first kappa shape index (κ1) is 21.3. The van der Waals surface area contributed by atoms with E-state index in [0.29, 0.717) is 24.3 Å². The fourth-order valence-corrected chi connectivity index (χ4v) is 4.31. The van der Waals surface area contributed by atoms with Crippen molar-refractivity contribution in [3.05, 3.63) is 84.2 Å². The molecule has 3 aromatic carbocycles. The minimum absolute atomic E-state index is 0.114. The third-order valence-corrected chi connectivity index (χ3v) is 6.20. The molecule has 8 nitrogen and oxygen atoms in total. The van der Waals surface area contributed by atoms with Gasteiger partial charge in [0.2, 0.25) is 0 Å². The number of anilines is 3. The summed E-state index contributed by atoms with van der Waals surface area (Å²) in [5.74, 6) is -1.02. The van der Waals surface area contributed by atoms with E-state index < -0.39 is 21.7 Å². The molecule has 0 aromatic heterocycles. The number of nitrogens with one attached hydrogen (secondary N) is 3. The Morgan fingerprint density at radius 1 is 0.969 bits per heavy atom. The van der Waals surface area contributed by atoms with Gasteiger partial charge in [-0.05, 0) is 54.6 Å². The highest BCUT2D eigenvalue weighted by molar-refractivity contribution is 7.92. The minimum atomic E-state index is -4.00. The molecule has 0 radical (unpaired) electrons. The van der Waals surface area contributed by atoms with Gasteiger partial charge in [-0.25, -0.2) is 17.6 Å². The average molecular weight is 454 g/mol. The van der Waals surface area contributed by atoms with Crippen molar-refractivity contribution in [3.8, 4) is 0 Å². The molecule has 10 heteroatoms. The van der Waals surface area contributed by atoms with Crippen LogP contribution in [0.4, 0.5) is 26.2 Å². The van der Waals surface area contributed by atoms with Crippen LogP contribution >= 0.6 is 0 Å². The number of hydrogen-bond donors (Lipinski definition) is 3. The zero-order chi connectivity index (χ0) is 22.7. The first-order valence-corrected chi connectivity index (χ1v) is 11.2. The molecule has 3 N–H and O–H groups in total. The van der Waals surface area contributed by atoms with Crippen molar-refractivity contribution in [2.75, 3.05) is 28.0 Å². The highest BCUT2D eigenvalue weighted by Gasteiger charge is 2.22. The third kappa shape index (κ3) is 4.54. The highest BCUT2D eigenvalue weighted by Crippen LogP contribution is 2.26. The number of carbonyl (C=O) groups excluding carboxylic acids is 2. The second-order valence-electron chi connectivity index (χ2n) is 6.99. The molecule has 3 amide bonds. The fraction of sp³-hybridized carbons (Fsp3) is 0.0909. The van der Waals surface area contributed by atoms with Crippen molar-refractivity contribution in [1.29, 1.82) is 0 Å². The van der Waals surface area contributed by atoms with Crippen LogP contribution in [-0.4, -0.2) is 33.4 Å². The normalized spacial score (nSPS) is 13.5. The predicted molar refractivity (Wildman–Crippen MR) is 119 cm³/mol. The predicted octanol–water partition coefficient (Wildman–Crippen LogP) is 3.41. The lowest BCUT2D eigenvalue weighted by molar-refractivity contribution is 0.102. The summed E-state index contributed by atoms with van der Waals surface area (Å²) in [6.45, 7) is 1.02. The molecule has 32 heavy (non-hydrogen) atoms. The number of amides is 3. The molecule has 0 unspecified atom stereocenters. The van der Waals surface area contributed by atoms with E-state index in [4.69, 9.17) is 0 Å². The topological polar surface area (TPSA) is 108 Å². The number of halogens is 1. The van der Waals surface area contributed by atoms with Crippen molar-refractivity contribution >= 4 is 39.0 Å². The molecule has 1 saturated heterocycles. The van der Waals surface area contributed by atoms with Crippen molar-refractivity contribution < 1.29 is 22.4 Å². The molecule has 0 spiro atoms. The molecule has 1 fully saturated rings. The van der Waals surface area contributed by atoms with Crippen LogP contribution in [0.1, 0.15) is 10.4 Å². The lowest BCUT2D eigenvalue weighted by atomic mass is 10.1. The van der Waals surface area contributed by atoms with Crippen molar-refractivity contribution in [3.63, 3.8) is 0 Å². The standard InChI is InChI=1S/C22H19FN4O4S/c23-16-8-10-18(11-9-16)32(30,31)26-20-7-2-1-6-19(20)25-21(28)15-4-3-5-17(14-15)27-13-12-24-22(27)29/h1-11,14,26H,12-13H2,(H,24,29)(H,25,28). The summed E-state index contributed by atoms with van der Waals surface area (Å²) < 4.78 is 40.9. The van der Waals surface area contributed by atoms with E-state index in [2.05, 4.69) is 15.4 Å². The Labute approximate surface area is 184 Å². The Bertz CT molecular complexity index is 1280. The van der Waals surface area contributed by atoms with Gasteiger partial charge in [0.25, 0.3) is 15.9 Å². The van der Waals surface area contributed by atoms with Gasteiger partial charge in [0.15, 0.2) is 0 Å². The van der Waals surface area contributed by atoms with Crippen LogP contribution in [0.2, 0.25) is 0 Å². The number of urea groups is 1. The second kappa shape index (κ2) is 8.67. The van der Waals surface area contributed by atoms with Gasteiger partial charge >= 0.3 is 6.03 Å². The number of sulfonamides is 1. The zero-order valence-corrected chi connectivity index (χ0v) is 17.5. The average Bonchev–Trinajstić information content (AvgIpc) is 3.21. The van der Waals surface area contributed by atoms with E-state index in [1.54, 1.807) is 42.5 Å². The molecule has 164 valence electrons. The number of benzene rings is 3. The summed E-state index contributed by atoms with van der Waals surface area (Å²) in [7, 11) is -4.00. The first-order chi connectivity index (χ1) is 15.3. The van der Waals surface area contributed by atoms with Crippen LogP contribution < -0.4 is 20.3 Å². The van der Waals surface area contributed by atoms with Crippen LogP contribution in [0.5, 0.6) is 0 Å². The van der Waals surface area contributed by atoms with Crippen LogP contribution in [0.3, 0.4) is 0 Å². The van der Waals surface area contributed by atoms with Gasteiger partial charge in [0.05, 0.1) is 16.3 Å². The van der Waals surface area contributed by atoms with E-state index >= 15 is 0 Å². The van der Waals surface area contributed by atoms with Gasteiger partial charge in [0.1, 0.15) is 5.82 Å². The summed E-state index contributed by atoms with van der Waals surface area (Å²) in [5.41, 5.74) is 1.28. The smallest absolute Gasteiger partial charge is 0.321 e. The SMILES string of the molecule is O=C(Nc1ccccc1NS(=O)(=O)c1ccc(F)cc1)c1cccc(N2CCNC2=O)c1. The fourth-order valence-electron chi connectivity index (χ4n) is 3.23. The molecule has 1 aliphatic rings. The van der Waals surface area contributed by atoms with Crippen LogP contribution in [-0.2, 0) is 10.0 Å². The second-order valence-corrected chi connectivity index (χ2v) is 8.68. The molecule has 0 bridgehead atoms. The van der Waals surface area contributed by atoms with Crippen LogP contribution in [0, 0.1) is 5.82 Å². The number of nitrogens with zero attached hydrogens (tertiary/aromatic N) is 1. The van der Waals surface area contributed by atoms with Gasteiger partial charge in [-0.15, -0.1) is 0 Å². The largest absolute Gasteiger partial charge is 0.336 e. The lowest BCUT2D eigenvalue weighted by Crippen LogP contribution is -2.27. The van der Waals surface area contributed by atoms with E-state index in [1.807, 2.05) is 0 Å². The lowest BCUT2D eigenvalue weighted by Gasteiger charge is -2.16. The van der Waals surface area contributed by atoms with E-state index in [-0.39, 0.29) is 22.3 Å². The summed E-state index contributed by atoms with van der Waals surface area (Å²) in [6, 6.07) is 17.1. The number of carbonyl (C=O) groups is 2. The Morgan fingerprint density at radius 3 is 2.38 bits per heavy atom. The maximum absolute atomic E-state index is 13.1. The van der Waals surface area contributed by atoms with Gasteiger partial charge in [0, 0.05) is 24.3 Å². The van der Waals surface area contributed by atoms with Gasteiger partial charge < -0.3 is 10.6 Å². The number of rotatable bonds is 6. The van der Waals surface area contributed by atoms with E-state index in [9.17, 15) is 22.4 Å². The maximum Gasteiger partial charge on any atom is 0.321 e. The van der Waals surface area contributed by atoms with E-state index in [0.717, 1.165) is 24.3 Å². The molecular weight excluding hydrogens is 435 g/mol. The Balaban J connectivity index is 1.55. The Hall–Kier alpha value is -3.92. The molecular formula is C22H19FN4O4S. The summed E-state index contributed by atoms with van der Waals surface area (Å²) in [4.78, 5) is 26.1. The summed E-state index contributed by atoms with van der Waals surface area (Å²) >= 11 is 0. The molecule has 0 saturated carbocycles. The van der Waals surface area contributed by atoms with Gasteiger partial charge in [-0.2, -0.15) is 0 Å². The molecule has 1 aliphatic heterocycles. The summed E-state index contributed by atoms with van der Waals surface area (Å²) in [6.07, 6.45) is 0. The third-order valence-electron chi connectivity index (χ3n) is 4.82. The van der Waals surface area contributed by atoms with Crippen LogP contribution in [0.15, 0.2) is 77.7 Å². The maximum atomic E-state index is 13.1. The Kier molecular flexibility index (Phi) is 5.78. The number of hydrogen-bond acceptors (Lipinski definition) is 4. The molecule has 4 rings (SSSR count). The van der Waals surface area contributed by atoms with Crippen molar-refractivity contribution in [2.45, 2.75) is 4.90 Å². The van der Waals surface area contributed by atoms with Crippen LogP contribution in [0.25, 0.3) is 0 Å². The van der Waals surface area contributed by atoms with E-state index in [1.165, 1.54) is 11.0 Å². The minimum Gasteiger partial charge on any atom is -0.336 e. The molecule has 0 atom stereocenters.